The maximum atomic E-state index is 12.7. The van der Waals surface area contributed by atoms with E-state index in [9.17, 15) is 15.0 Å². The molecule has 0 amide bonds. The zero-order valence-corrected chi connectivity index (χ0v) is 25.7. The fraction of sp³-hybridized carbons (Fsp3) is 0.0513. The van der Waals surface area contributed by atoms with Gasteiger partial charge in [-0.3, -0.25) is 0 Å². The summed E-state index contributed by atoms with van der Waals surface area (Å²) in [5.41, 5.74) is 3.86. The van der Waals surface area contributed by atoms with E-state index in [0.29, 0.717) is 50.8 Å². The van der Waals surface area contributed by atoms with Crippen molar-refractivity contribution in [3.63, 3.8) is 0 Å². The smallest absolute Gasteiger partial charge is 0.334 e. The van der Waals surface area contributed by atoms with Gasteiger partial charge in [-0.2, -0.15) is 30.7 Å². The van der Waals surface area contributed by atoms with Crippen molar-refractivity contribution in [3.8, 4) is 0 Å². The molecule has 48 heavy (non-hydrogen) atoms. The van der Waals surface area contributed by atoms with Gasteiger partial charge in [-0.05, 0) is 89.5 Å². The normalized spacial score (nSPS) is 12.5. The number of aliphatic carboxylic acids is 1. The van der Waals surface area contributed by atoms with Crippen LogP contribution in [0.5, 0.6) is 0 Å². The molecule has 9 heteroatoms. The van der Waals surface area contributed by atoms with Gasteiger partial charge in [0.25, 0.3) is 0 Å². The van der Waals surface area contributed by atoms with Gasteiger partial charge < -0.3 is 10.2 Å². The molecule has 0 aliphatic heterocycles. The van der Waals surface area contributed by atoms with Crippen LogP contribution in [0.25, 0.3) is 0 Å². The molecule has 0 fully saturated rings. The molecule has 0 radical (unpaired) electrons. The number of hydrogen-bond acceptors (Lipinski definition) is 8. The lowest BCUT2D eigenvalue weighted by Gasteiger charge is -2.38. The van der Waals surface area contributed by atoms with E-state index in [4.69, 9.17) is 0 Å². The number of azo groups is 3. The number of aliphatic hydroxyl groups excluding tert-OH is 1. The van der Waals surface area contributed by atoms with Crippen molar-refractivity contribution < 1.29 is 15.0 Å². The summed E-state index contributed by atoms with van der Waals surface area (Å²) in [6, 6.07) is 49.1. The van der Waals surface area contributed by atoms with E-state index in [1.165, 1.54) is 0 Å². The Kier molecular flexibility index (Phi) is 9.70. The number of nitrogens with zero attached hydrogens (tertiary/aromatic N) is 6. The quantitative estimate of drug-likeness (QED) is 0.109. The van der Waals surface area contributed by atoms with Crippen LogP contribution >= 0.6 is 0 Å². The van der Waals surface area contributed by atoms with Crippen molar-refractivity contribution in [3.05, 3.63) is 180 Å². The molecule has 1 atom stereocenters. The molecular weight excluding hydrogens is 600 g/mol. The molecule has 0 aliphatic carbocycles. The zero-order valence-electron chi connectivity index (χ0n) is 25.7. The molecule has 9 nitrogen and oxygen atoms in total. The Hall–Kier alpha value is -6.45. The minimum absolute atomic E-state index is 0.536. The maximum absolute atomic E-state index is 12.7. The molecule has 0 heterocycles. The molecular formula is C39H30N6O3. The Balaban J connectivity index is 1.43. The molecule has 6 rings (SSSR count). The van der Waals surface area contributed by atoms with E-state index >= 15 is 0 Å². The largest absolute Gasteiger partial charge is 0.479 e. The van der Waals surface area contributed by atoms with E-state index < -0.39 is 17.5 Å². The van der Waals surface area contributed by atoms with Crippen LogP contribution in [0.4, 0.5) is 34.1 Å². The number of rotatable bonds is 11. The van der Waals surface area contributed by atoms with E-state index in [1.54, 1.807) is 72.8 Å². The summed E-state index contributed by atoms with van der Waals surface area (Å²) in [6.45, 7) is 0. The van der Waals surface area contributed by atoms with Crippen LogP contribution < -0.4 is 0 Å². The van der Waals surface area contributed by atoms with Crippen molar-refractivity contribution in [1.82, 2.24) is 0 Å². The zero-order chi connectivity index (χ0) is 33.2. The van der Waals surface area contributed by atoms with Crippen molar-refractivity contribution in [2.24, 2.45) is 30.7 Å². The van der Waals surface area contributed by atoms with Gasteiger partial charge in [0.05, 0.1) is 39.5 Å². The first-order valence-electron chi connectivity index (χ1n) is 15.2. The molecule has 0 saturated carbocycles. The first kappa shape index (κ1) is 31.5. The molecule has 0 saturated heterocycles. The summed E-state index contributed by atoms with van der Waals surface area (Å²) in [6.07, 6.45) is -1.87. The average molecular weight is 631 g/mol. The minimum atomic E-state index is -1.87. The number of carboxylic acids is 1. The molecule has 1 unspecified atom stereocenters. The van der Waals surface area contributed by atoms with Crippen LogP contribution in [-0.2, 0) is 10.2 Å². The number of benzene rings is 6. The van der Waals surface area contributed by atoms with E-state index in [-0.39, 0.29) is 0 Å². The Morgan fingerprint density at radius 2 is 0.625 bits per heavy atom. The Bertz CT molecular complexity index is 1810. The average Bonchev–Trinajstić information content (AvgIpc) is 3.15. The summed E-state index contributed by atoms with van der Waals surface area (Å²) in [5, 5.41) is 47.9. The van der Waals surface area contributed by atoms with Crippen LogP contribution in [0, 0.1) is 0 Å². The number of hydrogen-bond donors (Lipinski definition) is 2. The molecule has 6 aromatic carbocycles. The lowest BCUT2D eigenvalue weighted by Crippen LogP contribution is -2.46. The summed E-state index contributed by atoms with van der Waals surface area (Å²) >= 11 is 0. The summed E-state index contributed by atoms with van der Waals surface area (Å²) in [7, 11) is 0. The first-order valence-corrected chi connectivity index (χ1v) is 15.2. The summed E-state index contributed by atoms with van der Waals surface area (Å²) < 4.78 is 0. The van der Waals surface area contributed by atoms with Crippen molar-refractivity contribution in [2.75, 3.05) is 0 Å². The molecule has 0 bridgehead atoms. The topological polar surface area (TPSA) is 132 Å². The Labute approximate surface area is 277 Å². The number of carboxylic acid groups (broad SMARTS) is 1. The van der Waals surface area contributed by atoms with Crippen molar-refractivity contribution in [1.29, 1.82) is 0 Å². The van der Waals surface area contributed by atoms with Gasteiger partial charge in [-0.25, -0.2) is 4.79 Å². The van der Waals surface area contributed by atoms with Gasteiger partial charge >= 0.3 is 5.97 Å². The predicted molar refractivity (Wildman–Crippen MR) is 185 cm³/mol. The number of carbonyl (C=O) groups is 1. The fourth-order valence-corrected chi connectivity index (χ4v) is 5.36. The van der Waals surface area contributed by atoms with E-state index in [1.807, 2.05) is 91.0 Å². The maximum Gasteiger partial charge on any atom is 0.334 e. The molecule has 234 valence electrons. The van der Waals surface area contributed by atoms with Gasteiger partial charge in [0.2, 0.25) is 0 Å². The van der Waals surface area contributed by atoms with Crippen LogP contribution in [0.3, 0.4) is 0 Å². The molecule has 6 aromatic rings. The van der Waals surface area contributed by atoms with Gasteiger partial charge in [0, 0.05) is 0 Å². The number of aliphatic hydroxyl groups is 1. The van der Waals surface area contributed by atoms with Gasteiger partial charge in [0.1, 0.15) is 0 Å². The third kappa shape index (κ3) is 7.17. The molecule has 0 aromatic heterocycles. The predicted octanol–water partition coefficient (Wildman–Crippen LogP) is 10.7. The standard InChI is InChI=1S/C39H30N6O3/c46-37(38(47)48)39(28-16-22-34(23-17-28)43-40-31-10-4-1-5-11-31,29-18-24-35(25-19-29)44-41-32-12-6-2-7-13-32)30-20-26-36(27-21-30)45-42-33-14-8-3-9-15-33/h1-27,37,46H,(H,47,48)/b43-40+,44-41+,45-42+. The van der Waals surface area contributed by atoms with Crippen molar-refractivity contribution >= 4 is 40.1 Å². The van der Waals surface area contributed by atoms with Gasteiger partial charge in [-0.15, -0.1) is 0 Å². The molecule has 2 N–H and O–H groups in total. The van der Waals surface area contributed by atoms with Crippen LogP contribution in [0.1, 0.15) is 16.7 Å². The highest BCUT2D eigenvalue weighted by molar-refractivity contribution is 5.78. The molecule has 0 spiro atoms. The van der Waals surface area contributed by atoms with Crippen molar-refractivity contribution in [2.45, 2.75) is 11.5 Å². The summed E-state index contributed by atoms with van der Waals surface area (Å²) in [4.78, 5) is 12.7. The second-order valence-electron chi connectivity index (χ2n) is 10.8. The van der Waals surface area contributed by atoms with Crippen LogP contribution in [0.15, 0.2) is 194 Å². The van der Waals surface area contributed by atoms with Gasteiger partial charge in [-0.1, -0.05) is 91.0 Å². The van der Waals surface area contributed by atoms with E-state index in [2.05, 4.69) is 30.7 Å². The second kappa shape index (κ2) is 14.8. The second-order valence-corrected chi connectivity index (χ2v) is 10.8. The lowest BCUT2D eigenvalue weighted by atomic mass is 9.65. The summed E-state index contributed by atoms with van der Waals surface area (Å²) in [5.74, 6) is -1.39. The third-order valence-corrected chi connectivity index (χ3v) is 7.72. The highest BCUT2D eigenvalue weighted by atomic mass is 16.4. The monoisotopic (exact) mass is 630 g/mol. The highest BCUT2D eigenvalue weighted by Gasteiger charge is 2.47. The van der Waals surface area contributed by atoms with Crippen LogP contribution in [0.2, 0.25) is 0 Å². The molecule has 0 aliphatic rings. The third-order valence-electron chi connectivity index (χ3n) is 7.72. The Morgan fingerprint density at radius 1 is 0.396 bits per heavy atom. The van der Waals surface area contributed by atoms with Gasteiger partial charge in [0.15, 0.2) is 6.10 Å². The first-order chi connectivity index (χ1) is 23.5. The Morgan fingerprint density at radius 3 is 0.854 bits per heavy atom. The lowest BCUT2D eigenvalue weighted by molar-refractivity contribution is -0.149. The highest BCUT2D eigenvalue weighted by Crippen LogP contribution is 2.44. The minimum Gasteiger partial charge on any atom is -0.479 e. The van der Waals surface area contributed by atoms with E-state index in [0.717, 1.165) is 0 Å². The van der Waals surface area contributed by atoms with Crippen LogP contribution in [-0.4, -0.2) is 22.3 Å². The fourth-order valence-electron chi connectivity index (χ4n) is 5.36. The SMILES string of the molecule is O=C(O)C(O)C(c1ccc(/N=N/c2ccccc2)cc1)(c1ccc(/N=N/c2ccccc2)cc1)c1ccc(/N=N/c2ccccc2)cc1.